The molecule has 0 aliphatic heterocycles. The first kappa shape index (κ1) is 15.8. The minimum absolute atomic E-state index is 0.457. The first-order valence-corrected chi connectivity index (χ1v) is 8.10. The molecular formula is C17H28N4. The van der Waals surface area contributed by atoms with Crippen LogP contribution in [0.15, 0.2) is 24.5 Å². The van der Waals surface area contributed by atoms with Crippen LogP contribution in [0.3, 0.4) is 0 Å². The van der Waals surface area contributed by atoms with Crippen LogP contribution in [0.1, 0.15) is 56.6 Å². The van der Waals surface area contributed by atoms with Gasteiger partial charge in [-0.05, 0) is 44.5 Å². The Bertz CT molecular complexity index is 553. The Labute approximate surface area is 128 Å². The highest BCUT2D eigenvalue weighted by Gasteiger charge is 2.11. The fraction of sp³-hybridized carbons (Fsp3) is 0.588. The van der Waals surface area contributed by atoms with E-state index in [1.54, 1.807) is 0 Å². The van der Waals surface area contributed by atoms with Crippen molar-refractivity contribution in [2.45, 2.75) is 59.2 Å². The lowest BCUT2D eigenvalue weighted by Crippen LogP contribution is -2.15. The zero-order chi connectivity index (χ0) is 15.2. The van der Waals surface area contributed by atoms with Crippen molar-refractivity contribution in [3.8, 4) is 0 Å². The molecule has 1 unspecified atom stereocenters. The summed E-state index contributed by atoms with van der Waals surface area (Å²) in [4.78, 5) is 0. The van der Waals surface area contributed by atoms with E-state index < -0.39 is 0 Å². The number of nitrogens with zero attached hydrogens (tertiary/aromatic N) is 3. The highest BCUT2D eigenvalue weighted by atomic mass is 15.3. The van der Waals surface area contributed by atoms with E-state index in [1.807, 2.05) is 7.05 Å². The van der Waals surface area contributed by atoms with E-state index in [0.29, 0.717) is 6.04 Å². The first-order valence-electron chi connectivity index (χ1n) is 8.10. The normalized spacial score (nSPS) is 12.8. The van der Waals surface area contributed by atoms with E-state index in [9.17, 15) is 0 Å². The summed E-state index contributed by atoms with van der Waals surface area (Å²) < 4.78 is 4.37. The van der Waals surface area contributed by atoms with Crippen molar-refractivity contribution in [2.75, 3.05) is 7.05 Å². The number of nitrogens with one attached hydrogen (secondary N) is 1. The molecular weight excluding hydrogens is 260 g/mol. The van der Waals surface area contributed by atoms with Crippen LogP contribution in [0, 0.1) is 0 Å². The molecule has 0 fully saturated rings. The van der Waals surface area contributed by atoms with Gasteiger partial charge in [0.1, 0.15) is 0 Å². The maximum absolute atomic E-state index is 4.62. The lowest BCUT2D eigenvalue weighted by atomic mass is 10.1. The Morgan fingerprint density at radius 1 is 1.29 bits per heavy atom. The third kappa shape index (κ3) is 3.76. The van der Waals surface area contributed by atoms with Gasteiger partial charge in [-0.3, -0.25) is 4.68 Å². The molecule has 0 aromatic carbocycles. The molecule has 0 saturated heterocycles. The van der Waals surface area contributed by atoms with Crippen molar-refractivity contribution >= 4 is 0 Å². The molecule has 2 rings (SSSR count). The molecule has 21 heavy (non-hydrogen) atoms. The van der Waals surface area contributed by atoms with Crippen LogP contribution in [-0.2, 0) is 19.5 Å². The molecule has 4 heteroatoms. The molecule has 2 heterocycles. The molecule has 4 nitrogen and oxygen atoms in total. The molecule has 0 aliphatic rings. The standard InChI is InChI=1S/C17H28N4/c1-5-8-17(18-4)14-9-10-20(12-14)13-16-11-15(6-2)19-21(16)7-3/h9-12,17-18H,5-8,13H2,1-4H3. The van der Waals surface area contributed by atoms with Crippen LogP contribution in [0.2, 0.25) is 0 Å². The van der Waals surface area contributed by atoms with Gasteiger partial charge in [-0.1, -0.05) is 20.3 Å². The first-order chi connectivity index (χ1) is 10.2. The Balaban J connectivity index is 2.13. The van der Waals surface area contributed by atoms with Crippen LogP contribution < -0.4 is 5.32 Å². The van der Waals surface area contributed by atoms with Crippen LogP contribution in [0.4, 0.5) is 0 Å². The molecule has 2 aromatic rings. The van der Waals surface area contributed by atoms with Gasteiger partial charge < -0.3 is 9.88 Å². The minimum atomic E-state index is 0.457. The van der Waals surface area contributed by atoms with Crippen LogP contribution in [0.5, 0.6) is 0 Å². The van der Waals surface area contributed by atoms with E-state index in [0.717, 1.165) is 19.5 Å². The average molecular weight is 288 g/mol. The third-order valence-electron chi connectivity index (χ3n) is 4.02. The van der Waals surface area contributed by atoms with Gasteiger partial charge in [-0.2, -0.15) is 5.10 Å². The Morgan fingerprint density at radius 2 is 2.10 bits per heavy atom. The minimum Gasteiger partial charge on any atom is -0.348 e. The molecule has 2 aromatic heterocycles. The Hall–Kier alpha value is -1.55. The second-order valence-corrected chi connectivity index (χ2v) is 5.54. The van der Waals surface area contributed by atoms with Gasteiger partial charge in [-0.15, -0.1) is 0 Å². The van der Waals surface area contributed by atoms with Gasteiger partial charge in [0, 0.05) is 25.0 Å². The topological polar surface area (TPSA) is 34.8 Å². The SMILES string of the molecule is CCCC(NC)c1ccn(Cc2cc(CC)nn2CC)c1. The average Bonchev–Trinajstić information content (AvgIpc) is 3.11. The summed E-state index contributed by atoms with van der Waals surface area (Å²) in [6.45, 7) is 8.35. The van der Waals surface area contributed by atoms with Crippen molar-refractivity contribution in [1.29, 1.82) is 0 Å². The molecule has 0 radical (unpaired) electrons. The monoisotopic (exact) mass is 288 g/mol. The predicted molar refractivity (Wildman–Crippen MR) is 87.5 cm³/mol. The lowest BCUT2D eigenvalue weighted by Gasteiger charge is -2.13. The molecule has 0 bridgehead atoms. The van der Waals surface area contributed by atoms with E-state index in [1.165, 1.54) is 29.8 Å². The molecule has 1 atom stereocenters. The van der Waals surface area contributed by atoms with Gasteiger partial charge in [-0.25, -0.2) is 0 Å². The summed E-state index contributed by atoms with van der Waals surface area (Å²) in [6, 6.07) is 4.91. The zero-order valence-corrected chi connectivity index (χ0v) is 13.8. The summed E-state index contributed by atoms with van der Waals surface area (Å²) in [7, 11) is 2.04. The predicted octanol–water partition coefficient (Wildman–Crippen LogP) is 3.38. The molecule has 0 spiro atoms. The van der Waals surface area contributed by atoms with E-state index in [-0.39, 0.29) is 0 Å². The Kier molecular flexibility index (Phi) is 5.62. The smallest absolute Gasteiger partial charge is 0.0639 e. The number of aryl methyl sites for hydroxylation is 2. The Morgan fingerprint density at radius 3 is 2.71 bits per heavy atom. The van der Waals surface area contributed by atoms with Crippen LogP contribution >= 0.6 is 0 Å². The summed E-state index contributed by atoms with van der Waals surface area (Å²) in [5.74, 6) is 0. The summed E-state index contributed by atoms with van der Waals surface area (Å²) >= 11 is 0. The van der Waals surface area contributed by atoms with Gasteiger partial charge in [0.05, 0.1) is 17.9 Å². The van der Waals surface area contributed by atoms with Crippen molar-refractivity contribution in [3.05, 3.63) is 41.5 Å². The van der Waals surface area contributed by atoms with Gasteiger partial charge in [0.15, 0.2) is 0 Å². The van der Waals surface area contributed by atoms with Crippen LogP contribution in [-0.4, -0.2) is 21.4 Å². The summed E-state index contributed by atoms with van der Waals surface area (Å²) in [5.41, 5.74) is 3.84. The van der Waals surface area contributed by atoms with Crippen molar-refractivity contribution in [3.63, 3.8) is 0 Å². The number of rotatable bonds is 8. The molecule has 0 saturated carbocycles. The van der Waals surface area contributed by atoms with E-state index in [4.69, 9.17) is 0 Å². The van der Waals surface area contributed by atoms with Crippen molar-refractivity contribution in [2.24, 2.45) is 0 Å². The molecule has 1 N–H and O–H groups in total. The summed E-state index contributed by atoms with van der Waals surface area (Å²) in [6.07, 6.45) is 7.80. The highest BCUT2D eigenvalue weighted by Crippen LogP contribution is 2.19. The summed E-state index contributed by atoms with van der Waals surface area (Å²) in [5, 5.41) is 8.02. The van der Waals surface area contributed by atoms with Crippen LogP contribution in [0.25, 0.3) is 0 Å². The fourth-order valence-electron chi connectivity index (χ4n) is 2.81. The van der Waals surface area contributed by atoms with E-state index in [2.05, 4.69) is 65.0 Å². The number of hydrogen-bond donors (Lipinski definition) is 1. The number of aromatic nitrogens is 3. The molecule has 0 aliphatic carbocycles. The van der Waals surface area contributed by atoms with Crippen molar-refractivity contribution in [1.82, 2.24) is 19.7 Å². The lowest BCUT2D eigenvalue weighted by molar-refractivity contribution is 0.539. The fourth-order valence-corrected chi connectivity index (χ4v) is 2.81. The zero-order valence-electron chi connectivity index (χ0n) is 13.8. The number of hydrogen-bond acceptors (Lipinski definition) is 2. The molecule has 116 valence electrons. The van der Waals surface area contributed by atoms with Crippen molar-refractivity contribution < 1.29 is 0 Å². The third-order valence-corrected chi connectivity index (χ3v) is 4.02. The second-order valence-electron chi connectivity index (χ2n) is 5.54. The van der Waals surface area contributed by atoms with Gasteiger partial charge in [0.2, 0.25) is 0 Å². The van der Waals surface area contributed by atoms with E-state index >= 15 is 0 Å². The largest absolute Gasteiger partial charge is 0.348 e. The van der Waals surface area contributed by atoms with Gasteiger partial charge >= 0.3 is 0 Å². The van der Waals surface area contributed by atoms with Gasteiger partial charge in [0.25, 0.3) is 0 Å². The second kappa shape index (κ2) is 7.46. The highest BCUT2D eigenvalue weighted by molar-refractivity contribution is 5.18. The maximum atomic E-state index is 4.62. The maximum Gasteiger partial charge on any atom is 0.0639 e. The quantitative estimate of drug-likeness (QED) is 0.808. The molecule has 0 amide bonds.